The molecule has 0 saturated carbocycles. The molecule has 1 atom stereocenters. The highest BCUT2D eigenvalue weighted by molar-refractivity contribution is 7.89. The smallest absolute Gasteiger partial charge is 0.243 e. The second kappa shape index (κ2) is 7.54. The number of rotatable bonds is 6. The van der Waals surface area contributed by atoms with E-state index in [4.69, 9.17) is 0 Å². The van der Waals surface area contributed by atoms with Gasteiger partial charge in [0, 0.05) is 11.8 Å². The SMILES string of the molecule is CC(=O)c1ccc(S(=O)(=O)N[C@@H](C)C(=O)Nc2cc(C)ccn2)cc1. The molecule has 0 spiro atoms. The van der Waals surface area contributed by atoms with E-state index in [2.05, 4.69) is 15.0 Å². The molecule has 2 N–H and O–H groups in total. The van der Waals surface area contributed by atoms with Crippen molar-refractivity contribution in [2.75, 3.05) is 5.32 Å². The monoisotopic (exact) mass is 361 g/mol. The highest BCUT2D eigenvalue weighted by atomic mass is 32.2. The molecule has 7 nitrogen and oxygen atoms in total. The number of nitrogens with one attached hydrogen (secondary N) is 2. The standard InChI is InChI=1S/C17H19N3O4S/c1-11-8-9-18-16(10-11)19-17(22)12(2)20-25(23,24)15-6-4-14(5-7-15)13(3)21/h4-10,12,20H,1-3H3,(H,18,19,22)/t12-/m0/s1. The van der Waals surface area contributed by atoms with Crippen LogP contribution < -0.4 is 10.0 Å². The zero-order valence-electron chi connectivity index (χ0n) is 14.1. The molecule has 0 bridgehead atoms. The third-order valence-corrected chi connectivity index (χ3v) is 5.02. The minimum Gasteiger partial charge on any atom is -0.309 e. The van der Waals surface area contributed by atoms with Gasteiger partial charge >= 0.3 is 0 Å². The molecule has 8 heteroatoms. The Kier molecular flexibility index (Phi) is 5.66. The number of benzene rings is 1. The van der Waals surface area contributed by atoms with E-state index in [-0.39, 0.29) is 10.7 Å². The van der Waals surface area contributed by atoms with Crippen LogP contribution in [0, 0.1) is 6.92 Å². The van der Waals surface area contributed by atoms with Gasteiger partial charge in [-0.2, -0.15) is 4.72 Å². The fourth-order valence-electron chi connectivity index (χ4n) is 2.06. The van der Waals surface area contributed by atoms with Crippen LogP contribution in [0.2, 0.25) is 0 Å². The minimum atomic E-state index is -3.89. The van der Waals surface area contributed by atoms with Crippen molar-refractivity contribution in [1.29, 1.82) is 0 Å². The predicted molar refractivity (Wildman–Crippen MR) is 93.8 cm³/mol. The van der Waals surface area contributed by atoms with Crippen molar-refractivity contribution in [2.24, 2.45) is 0 Å². The Hall–Kier alpha value is -2.58. The summed E-state index contributed by atoms with van der Waals surface area (Å²) in [5.74, 6) is -0.334. The Labute approximate surface area is 146 Å². The molecular formula is C17H19N3O4S. The molecule has 1 aromatic heterocycles. The number of pyridine rings is 1. The molecule has 0 fully saturated rings. The summed E-state index contributed by atoms with van der Waals surface area (Å²) in [5.41, 5.74) is 1.33. The van der Waals surface area contributed by atoms with Crippen LogP contribution in [-0.2, 0) is 14.8 Å². The fraction of sp³-hybridized carbons (Fsp3) is 0.235. The number of carbonyl (C=O) groups is 2. The molecule has 1 aromatic carbocycles. The van der Waals surface area contributed by atoms with Gasteiger partial charge in [0.1, 0.15) is 5.82 Å². The van der Waals surface area contributed by atoms with Crippen LogP contribution in [0.15, 0.2) is 47.5 Å². The molecule has 0 aliphatic heterocycles. The summed E-state index contributed by atoms with van der Waals surface area (Å²) in [6, 6.07) is 7.97. The van der Waals surface area contributed by atoms with E-state index in [0.29, 0.717) is 11.4 Å². The number of ketones is 1. The van der Waals surface area contributed by atoms with E-state index in [1.807, 2.05) is 6.92 Å². The van der Waals surface area contributed by atoms with E-state index in [1.165, 1.54) is 38.1 Å². The maximum Gasteiger partial charge on any atom is 0.243 e. The summed E-state index contributed by atoms with van der Waals surface area (Å²) in [5, 5.41) is 2.56. The van der Waals surface area contributed by atoms with Gasteiger partial charge in [-0.05, 0) is 50.6 Å². The number of Topliss-reactive ketones (excluding diaryl/α,β-unsaturated/α-hetero) is 1. The van der Waals surface area contributed by atoms with Gasteiger partial charge in [-0.3, -0.25) is 9.59 Å². The summed E-state index contributed by atoms with van der Waals surface area (Å²) in [6.07, 6.45) is 1.55. The Morgan fingerprint density at radius 1 is 1.12 bits per heavy atom. The maximum absolute atomic E-state index is 12.3. The number of sulfonamides is 1. The van der Waals surface area contributed by atoms with E-state index in [1.54, 1.807) is 18.3 Å². The van der Waals surface area contributed by atoms with Crippen molar-refractivity contribution in [3.63, 3.8) is 0 Å². The first-order valence-corrected chi connectivity index (χ1v) is 9.04. The van der Waals surface area contributed by atoms with Gasteiger partial charge in [0.05, 0.1) is 10.9 Å². The van der Waals surface area contributed by atoms with E-state index in [0.717, 1.165) is 5.56 Å². The number of hydrogen-bond acceptors (Lipinski definition) is 5. The molecule has 1 amide bonds. The number of carbonyl (C=O) groups excluding carboxylic acids is 2. The zero-order valence-corrected chi connectivity index (χ0v) is 14.9. The summed E-state index contributed by atoms with van der Waals surface area (Å²) < 4.78 is 27.0. The first-order chi connectivity index (χ1) is 11.7. The van der Waals surface area contributed by atoms with Crippen molar-refractivity contribution < 1.29 is 18.0 Å². The van der Waals surface area contributed by atoms with Crippen LogP contribution in [0.1, 0.15) is 29.8 Å². The van der Waals surface area contributed by atoms with Crippen molar-refractivity contribution >= 4 is 27.5 Å². The molecule has 25 heavy (non-hydrogen) atoms. The van der Waals surface area contributed by atoms with Gasteiger partial charge in [-0.25, -0.2) is 13.4 Å². The van der Waals surface area contributed by atoms with Crippen LogP contribution in [-0.4, -0.2) is 31.1 Å². The lowest BCUT2D eigenvalue weighted by Crippen LogP contribution is -2.41. The second-order valence-electron chi connectivity index (χ2n) is 5.63. The first kappa shape index (κ1) is 18.8. The molecule has 132 valence electrons. The lowest BCUT2D eigenvalue weighted by atomic mass is 10.2. The van der Waals surface area contributed by atoms with Gasteiger partial charge in [0.25, 0.3) is 0 Å². The molecule has 2 rings (SSSR count). The quantitative estimate of drug-likeness (QED) is 0.765. The average molecular weight is 361 g/mol. The fourth-order valence-corrected chi connectivity index (χ4v) is 3.27. The molecule has 1 heterocycles. The average Bonchev–Trinajstić information content (AvgIpc) is 2.54. The van der Waals surface area contributed by atoms with Gasteiger partial charge in [0.2, 0.25) is 15.9 Å². The molecule has 0 radical (unpaired) electrons. The Morgan fingerprint density at radius 3 is 2.32 bits per heavy atom. The largest absolute Gasteiger partial charge is 0.309 e. The lowest BCUT2D eigenvalue weighted by molar-refractivity contribution is -0.117. The third-order valence-electron chi connectivity index (χ3n) is 3.46. The molecule has 0 unspecified atom stereocenters. The zero-order chi connectivity index (χ0) is 18.6. The summed E-state index contributed by atoms with van der Waals surface area (Å²) in [7, 11) is -3.89. The van der Waals surface area contributed by atoms with Crippen LogP contribution >= 0.6 is 0 Å². The number of aryl methyl sites for hydroxylation is 1. The van der Waals surface area contributed by atoms with Crippen molar-refractivity contribution in [1.82, 2.24) is 9.71 Å². The summed E-state index contributed by atoms with van der Waals surface area (Å²) >= 11 is 0. The maximum atomic E-state index is 12.3. The lowest BCUT2D eigenvalue weighted by Gasteiger charge is -2.14. The molecule has 0 aliphatic rings. The summed E-state index contributed by atoms with van der Waals surface area (Å²) in [4.78, 5) is 27.4. The first-order valence-electron chi connectivity index (χ1n) is 7.56. The topological polar surface area (TPSA) is 105 Å². The van der Waals surface area contributed by atoms with Crippen LogP contribution in [0.4, 0.5) is 5.82 Å². The number of hydrogen-bond donors (Lipinski definition) is 2. The van der Waals surface area contributed by atoms with Crippen molar-refractivity contribution in [3.8, 4) is 0 Å². The van der Waals surface area contributed by atoms with Crippen molar-refractivity contribution in [3.05, 3.63) is 53.7 Å². The van der Waals surface area contributed by atoms with Gasteiger partial charge in [-0.15, -0.1) is 0 Å². The molecule has 0 saturated heterocycles. The molecule has 0 aliphatic carbocycles. The Balaban J connectivity index is 2.08. The van der Waals surface area contributed by atoms with Crippen LogP contribution in [0.25, 0.3) is 0 Å². The van der Waals surface area contributed by atoms with E-state index < -0.39 is 22.0 Å². The third kappa shape index (κ3) is 4.94. The van der Waals surface area contributed by atoms with Gasteiger partial charge < -0.3 is 5.32 Å². The van der Waals surface area contributed by atoms with Crippen molar-refractivity contribution in [2.45, 2.75) is 31.7 Å². The van der Waals surface area contributed by atoms with Gasteiger partial charge in [-0.1, -0.05) is 12.1 Å². The Bertz CT molecular complexity index is 892. The number of amides is 1. The minimum absolute atomic E-state index is 0.0224. The second-order valence-corrected chi connectivity index (χ2v) is 7.35. The molecular weight excluding hydrogens is 342 g/mol. The highest BCUT2D eigenvalue weighted by Gasteiger charge is 2.22. The number of aromatic nitrogens is 1. The van der Waals surface area contributed by atoms with E-state index in [9.17, 15) is 18.0 Å². The summed E-state index contributed by atoms with van der Waals surface area (Å²) in [6.45, 7) is 4.69. The molecule has 2 aromatic rings. The highest BCUT2D eigenvalue weighted by Crippen LogP contribution is 2.12. The van der Waals surface area contributed by atoms with Gasteiger partial charge in [0.15, 0.2) is 5.78 Å². The number of anilines is 1. The van der Waals surface area contributed by atoms with E-state index >= 15 is 0 Å². The van der Waals surface area contributed by atoms with Crippen LogP contribution in [0.5, 0.6) is 0 Å². The number of nitrogens with zero attached hydrogens (tertiary/aromatic N) is 1. The van der Waals surface area contributed by atoms with Crippen LogP contribution in [0.3, 0.4) is 0 Å². The normalized spacial score (nSPS) is 12.4. The predicted octanol–water partition coefficient (Wildman–Crippen LogP) is 1.90. The Morgan fingerprint density at radius 2 is 1.76 bits per heavy atom.